The summed E-state index contributed by atoms with van der Waals surface area (Å²) in [6.45, 7) is 3.80. The number of carbonyl (C=O) groups is 1. The molecule has 0 heterocycles. The summed E-state index contributed by atoms with van der Waals surface area (Å²) in [4.78, 5) is 13.6. The number of unbranched alkanes of at least 4 members (excludes halogenated alkanes) is 9. The first kappa shape index (κ1) is 20.4. The summed E-state index contributed by atoms with van der Waals surface area (Å²) in [7, 11) is 4.07. The minimum atomic E-state index is -0.0201. The van der Waals surface area contributed by atoms with E-state index in [0.29, 0.717) is 13.0 Å². The van der Waals surface area contributed by atoms with Crippen molar-refractivity contribution in [1.29, 1.82) is 0 Å². The Morgan fingerprint density at radius 3 is 1.86 bits per heavy atom. The number of esters is 1. The molecule has 0 aromatic carbocycles. The maximum absolute atomic E-state index is 11.5. The summed E-state index contributed by atoms with van der Waals surface area (Å²) in [5.74, 6) is -0.0201. The molecule has 0 aliphatic heterocycles. The lowest BCUT2D eigenvalue weighted by atomic mass is 10.1. The Labute approximate surface area is 132 Å². The highest BCUT2D eigenvalue weighted by Crippen LogP contribution is 2.11. The molecule has 0 radical (unpaired) electrons. The molecule has 0 aromatic rings. The number of ether oxygens (including phenoxy) is 1. The van der Waals surface area contributed by atoms with Crippen LogP contribution in [0.3, 0.4) is 0 Å². The highest BCUT2D eigenvalue weighted by atomic mass is 16.5. The molecule has 0 spiro atoms. The van der Waals surface area contributed by atoms with Crippen LogP contribution in [0.2, 0.25) is 0 Å². The fourth-order valence-corrected chi connectivity index (χ4v) is 2.40. The standard InChI is InChI=1S/C18H37NO2/c1-4-5-6-7-8-9-10-11-12-13-15-18(20)21-17-14-16-19(2)3/h4-17H2,1-3H3. The Bertz CT molecular complexity index is 229. The van der Waals surface area contributed by atoms with Crippen molar-refractivity contribution in [3.63, 3.8) is 0 Å². The summed E-state index contributed by atoms with van der Waals surface area (Å²) in [5, 5.41) is 0. The maximum Gasteiger partial charge on any atom is 0.305 e. The predicted octanol–water partition coefficient (Wildman–Crippen LogP) is 4.79. The van der Waals surface area contributed by atoms with Gasteiger partial charge < -0.3 is 9.64 Å². The molecule has 0 N–H and O–H groups in total. The van der Waals surface area contributed by atoms with Gasteiger partial charge in [-0.25, -0.2) is 0 Å². The molecule has 0 amide bonds. The van der Waals surface area contributed by atoms with E-state index in [9.17, 15) is 4.79 Å². The third-order valence-corrected chi connectivity index (χ3v) is 3.75. The van der Waals surface area contributed by atoms with E-state index < -0.39 is 0 Å². The van der Waals surface area contributed by atoms with E-state index in [2.05, 4.69) is 11.8 Å². The summed E-state index contributed by atoms with van der Waals surface area (Å²) in [6.07, 6.45) is 14.5. The lowest BCUT2D eigenvalue weighted by Gasteiger charge is -2.09. The van der Waals surface area contributed by atoms with Gasteiger partial charge in [0.15, 0.2) is 0 Å². The molecule has 0 bridgehead atoms. The molecule has 21 heavy (non-hydrogen) atoms. The first-order valence-electron chi connectivity index (χ1n) is 8.97. The molecule has 0 aliphatic rings. The normalized spacial score (nSPS) is 11.0. The van der Waals surface area contributed by atoms with Gasteiger partial charge in [0, 0.05) is 13.0 Å². The average Bonchev–Trinajstić information content (AvgIpc) is 2.45. The van der Waals surface area contributed by atoms with Crippen LogP contribution in [0, 0.1) is 0 Å². The van der Waals surface area contributed by atoms with Crippen LogP contribution in [-0.4, -0.2) is 38.1 Å². The van der Waals surface area contributed by atoms with E-state index in [1.54, 1.807) is 0 Å². The van der Waals surface area contributed by atoms with Crippen molar-refractivity contribution in [3.05, 3.63) is 0 Å². The molecule has 0 fully saturated rings. The zero-order chi connectivity index (χ0) is 15.8. The third kappa shape index (κ3) is 17.4. The number of carbonyl (C=O) groups excluding carboxylic acids is 1. The van der Waals surface area contributed by atoms with Gasteiger partial charge in [-0.15, -0.1) is 0 Å². The fraction of sp³-hybridized carbons (Fsp3) is 0.944. The van der Waals surface area contributed by atoms with Crippen LogP contribution in [0.4, 0.5) is 0 Å². The van der Waals surface area contributed by atoms with Gasteiger partial charge >= 0.3 is 5.97 Å². The first-order chi connectivity index (χ1) is 10.2. The molecule has 126 valence electrons. The smallest absolute Gasteiger partial charge is 0.305 e. The van der Waals surface area contributed by atoms with Crippen molar-refractivity contribution >= 4 is 5.97 Å². The highest BCUT2D eigenvalue weighted by molar-refractivity contribution is 5.69. The van der Waals surface area contributed by atoms with Crippen molar-refractivity contribution in [3.8, 4) is 0 Å². The van der Waals surface area contributed by atoms with Gasteiger partial charge in [-0.2, -0.15) is 0 Å². The molecular formula is C18H37NO2. The average molecular weight is 299 g/mol. The van der Waals surface area contributed by atoms with Crippen molar-refractivity contribution in [2.24, 2.45) is 0 Å². The minimum absolute atomic E-state index is 0.0201. The monoisotopic (exact) mass is 299 g/mol. The van der Waals surface area contributed by atoms with Crippen molar-refractivity contribution in [2.75, 3.05) is 27.2 Å². The third-order valence-electron chi connectivity index (χ3n) is 3.75. The Morgan fingerprint density at radius 2 is 1.33 bits per heavy atom. The second kappa shape index (κ2) is 15.8. The van der Waals surface area contributed by atoms with E-state index in [1.807, 2.05) is 14.1 Å². The van der Waals surface area contributed by atoms with Crippen LogP contribution < -0.4 is 0 Å². The SMILES string of the molecule is CCCCCCCCCCCCC(=O)OCCCN(C)C. The summed E-state index contributed by atoms with van der Waals surface area (Å²) in [6, 6.07) is 0. The topological polar surface area (TPSA) is 29.5 Å². The highest BCUT2D eigenvalue weighted by Gasteiger charge is 2.02. The second-order valence-corrected chi connectivity index (χ2v) is 6.31. The van der Waals surface area contributed by atoms with E-state index in [-0.39, 0.29) is 5.97 Å². The van der Waals surface area contributed by atoms with Gasteiger partial charge in [0.1, 0.15) is 0 Å². The van der Waals surface area contributed by atoms with E-state index in [0.717, 1.165) is 19.4 Å². The molecule has 0 atom stereocenters. The molecule has 0 aliphatic carbocycles. The van der Waals surface area contributed by atoms with Crippen LogP contribution >= 0.6 is 0 Å². The first-order valence-corrected chi connectivity index (χ1v) is 8.97. The van der Waals surface area contributed by atoms with Gasteiger partial charge in [-0.1, -0.05) is 64.7 Å². The molecule has 0 unspecified atom stereocenters. The summed E-state index contributed by atoms with van der Waals surface area (Å²) < 4.78 is 5.21. The predicted molar refractivity (Wildman–Crippen MR) is 90.6 cm³/mol. The summed E-state index contributed by atoms with van der Waals surface area (Å²) in [5.41, 5.74) is 0. The second-order valence-electron chi connectivity index (χ2n) is 6.31. The lowest BCUT2D eigenvalue weighted by Crippen LogP contribution is -2.16. The molecule has 3 nitrogen and oxygen atoms in total. The minimum Gasteiger partial charge on any atom is -0.466 e. The number of hydrogen-bond donors (Lipinski definition) is 0. The van der Waals surface area contributed by atoms with Gasteiger partial charge in [-0.05, 0) is 26.9 Å². The fourth-order valence-electron chi connectivity index (χ4n) is 2.40. The van der Waals surface area contributed by atoms with Crippen LogP contribution in [-0.2, 0) is 9.53 Å². The Balaban J connectivity index is 3.14. The number of rotatable bonds is 15. The van der Waals surface area contributed by atoms with Crippen molar-refractivity contribution < 1.29 is 9.53 Å². The van der Waals surface area contributed by atoms with Crippen LogP contribution in [0.25, 0.3) is 0 Å². The van der Waals surface area contributed by atoms with Crippen molar-refractivity contribution in [1.82, 2.24) is 4.90 Å². The molecule has 3 heteroatoms. The number of hydrogen-bond acceptors (Lipinski definition) is 3. The number of nitrogens with zero attached hydrogens (tertiary/aromatic N) is 1. The van der Waals surface area contributed by atoms with Gasteiger partial charge in [-0.3, -0.25) is 4.79 Å². The Kier molecular flexibility index (Phi) is 15.4. The zero-order valence-electron chi connectivity index (χ0n) is 14.7. The molecule has 0 aromatic heterocycles. The molecule has 0 rings (SSSR count). The van der Waals surface area contributed by atoms with Crippen molar-refractivity contribution in [2.45, 2.75) is 84.0 Å². The summed E-state index contributed by atoms with van der Waals surface area (Å²) >= 11 is 0. The zero-order valence-corrected chi connectivity index (χ0v) is 14.7. The van der Waals surface area contributed by atoms with Crippen LogP contribution in [0.1, 0.15) is 84.0 Å². The molecular weight excluding hydrogens is 262 g/mol. The largest absolute Gasteiger partial charge is 0.466 e. The van der Waals surface area contributed by atoms with Crippen LogP contribution in [0.5, 0.6) is 0 Å². The Hall–Kier alpha value is -0.570. The maximum atomic E-state index is 11.5. The van der Waals surface area contributed by atoms with E-state index in [1.165, 1.54) is 57.8 Å². The lowest BCUT2D eigenvalue weighted by molar-refractivity contribution is -0.143. The van der Waals surface area contributed by atoms with E-state index >= 15 is 0 Å². The quantitative estimate of drug-likeness (QED) is 0.321. The van der Waals surface area contributed by atoms with Crippen LogP contribution in [0.15, 0.2) is 0 Å². The van der Waals surface area contributed by atoms with Gasteiger partial charge in [0.2, 0.25) is 0 Å². The molecule has 0 saturated carbocycles. The van der Waals surface area contributed by atoms with E-state index in [4.69, 9.17) is 4.74 Å². The van der Waals surface area contributed by atoms with Gasteiger partial charge in [0.05, 0.1) is 6.61 Å². The Morgan fingerprint density at radius 1 is 0.810 bits per heavy atom. The molecule has 0 saturated heterocycles. The van der Waals surface area contributed by atoms with Gasteiger partial charge in [0.25, 0.3) is 0 Å².